The van der Waals surface area contributed by atoms with Crippen LogP contribution in [-0.4, -0.2) is 30.1 Å². The van der Waals surface area contributed by atoms with Crippen LogP contribution in [0.5, 0.6) is 5.75 Å². The molecular weight excluding hydrogens is 548 g/mol. The number of nitrogens with one attached hydrogen (secondary N) is 2. The van der Waals surface area contributed by atoms with E-state index in [4.69, 9.17) is 14.2 Å². The molecule has 3 N–H and O–H groups in total. The molecule has 1 heterocycles. The Bertz CT molecular complexity index is 1430. The molecule has 0 aromatic heterocycles. The zero-order valence-electron chi connectivity index (χ0n) is 23.7. The molecule has 42 heavy (non-hydrogen) atoms. The highest BCUT2D eigenvalue weighted by Gasteiger charge is 2.38. The molecule has 218 valence electrons. The first-order chi connectivity index (χ1) is 20.5. The van der Waals surface area contributed by atoms with Crippen LogP contribution >= 0.6 is 11.8 Å². The van der Waals surface area contributed by atoms with Gasteiger partial charge in [-0.15, -0.1) is 11.8 Å². The second-order valence-electron chi connectivity index (χ2n) is 10.2. The molecule has 0 saturated carbocycles. The van der Waals surface area contributed by atoms with Gasteiger partial charge in [0.1, 0.15) is 5.75 Å². The quantitative estimate of drug-likeness (QED) is 0.173. The molecule has 0 radical (unpaired) electrons. The predicted molar refractivity (Wildman–Crippen MR) is 165 cm³/mol. The van der Waals surface area contributed by atoms with E-state index in [0.717, 1.165) is 32.9 Å². The molecule has 0 spiro atoms. The first-order valence-electron chi connectivity index (χ1n) is 14.0. The first-order valence-corrected chi connectivity index (χ1v) is 15.0. The minimum absolute atomic E-state index is 0.00404. The van der Waals surface area contributed by atoms with Crippen molar-refractivity contribution in [3.8, 4) is 5.75 Å². The fourth-order valence-electron chi connectivity index (χ4n) is 4.90. The summed E-state index contributed by atoms with van der Waals surface area (Å²) in [7, 11) is 1.68. The molecule has 2 amide bonds. The van der Waals surface area contributed by atoms with Crippen molar-refractivity contribution in [1.82, 2.24) is 5.32 Å². The summed E-state index contributed by atoms with van der Waals surface area (Å²) < 4.78 is 18.7. The number of rotatable bonds is 10. The number of aliphatic hydroxyl groups excluding tert-OH is 1. The molecule has 1 aliphatic heterocycles. The van der Waals surface area contributed by atoms with Crippen LogP contribution in [-0.2, 0) is 22.6 Å². The van der Waals surface area contributed by atoms with E-state index in [0.29, 0.717) is 18.0 Å². The number of carbonyl (C=O) groups is 1. The minimum atomic E-state index is -0.590. The second kappa shape index (κ2) is 14.4. The fraction of sp³-hybridized carbons (Fsp3) is 0.265. The van der Waals surface area contributed by atoms with E-state index in [1.165, 1.54) is 0 Å². The van der Waals surface area contributed by atoms with Crippen molar-refractivity contribution in [1.29, 1.82) is 0 Å². The second-order valence-corrected chi connectivity index (χ2v) is 11.3. The van der Waals surface area contributed by atoms with Crippen molar-refractivity contribution in [2.24, 2.45) is 5.92 Å². The van der Waals surface area contributed by atoms with Crippen molar-refractivity contribution >= 4 is 23.5 Å². The lowest BCUT2D eigenvalue weighted by atomic mass is 9.91. The van der Waals surface area contributed by atoms with Gasteiger partial charge in [-0.3, -0.25) is 0 Å². The molecular formula is C34H36N2O5S. The molecule has 0 aliphatic carbocycles. The van der Waals surface area contributed by atoms with Gasteiger partial charge >= 0.3 is 6.03 Å². The van der Waals surface area contributed by atoms with Crippen LogP contribution in [0.25, 0.3) is 0 Å². The lowest BCUT2D eigenvalue weighted by molar-refractivity contribution is -0.268. The van der Waals surface area contributed by atoms with E-state index in [-0.39, 0.29) is 30.8 Å². The summed E-state index contributed by atoms with van der Waals surface area (Å²) in [6.07, 6.45) is -0.906. The highest BCUT2D eigenvalue weighted by Crippen LogP contribution is 2.43. The van der Waals surface area contributed by atoms with Crippen molar-refractivity contribution in [2.75, 3.05) is 18.2 Å². The Morgan fingerprint density at radius 3 is 2.26 bits per heavy atom. The van der Waals surface area contributed by atoms with Gasteiger partial charge in [0.05, 0.1) is 25.9 Å². The third kappa shape index (κ3) is 7.52. The van der Waals surface area contributed by atoms with Gasteiger partial charge in [0.15, 0.2) is 6.29 Å². The Hall–Kier alpha value is -3.82. The Labute approximate surface area is 251 Å². The molecule has 0 bridgehead atoms. The standard InChI is InChI=1S/C34H36N2O5S/c1-23-30(22-42-31-11-7-6-10-29(31)39-2)40-33(41-32(23)26-14-12-25(21-37)13-15-26)27-16-18-28(19-17-27)36-34(38)35-20-24-8-4-3-5-9-24/h3-19,23,30,32-33,37H,20-22H2,1-2H3,(H2,35,36,38)/t23-,30+,32+,33+/m0/s1. The predicted octanol–water partition coefficient (Wildman–Crippen LogP) is 7.09. The van der Waals surface area contributed by atoms with Gasteiger partial charge in [0, 0.05) is 34.4 Å². The Kier molecular flexibility index (Phi) is 10.2. The van der Waals surface area contributed by atoms with Gasteiger partial charge in [-0.25, -0.2) is 4.79 Å². The number of thioether (sulfide) groups is 1. The van der Waals surface area contributed by atoms with Gasteiger partial charge in [-0.05, 0) is 41.0 Å². The van der Waals surface area contributed by atoms with Gasteiger partial charge in [-0.2, -0.15) is 0 Å². The van der Waals surface area contributed by atoms with Crippen LogP contribution in [0.2, 0.25) is 0 Å². The van der Waals surface area contributed by atoms with Crippen molar-refractivity contribution in [3.63, 3.8) is 0 Å². The number of benzene rings is 4. The summed E-state index contributed by atoms with van der Waals surface area (Å²) in [5.41, 5.74) is 4.46. The van der Waals surface area contributed by atoms with E-state index in [9.17, 15) is 9.90 Å². The maximum Gasteiger partial charge on any atom is 0.319 e. The summed E-state index contributed by atoms with van der Waals surface area (Å²) in [5.74, 6) is 1.62. The van der Waals surface area contributed by atoms with E-state index in [1.807, 2.05) is 97.1 Å². The van der Waals surface area contributed by atoms with Crippen molar-refractivity contribution < 1.29 is 24.1 Å². The molecule has 4 atom stereocenters. The number of ether oxygens (including phenoxy) is 3. The largest absolute Gasteiger partial charge is 0.496 e. The van der Waals surface area contributed by atoms with E-state index in [1.54, 1.807) is 18.9 Å². The van der Waals surface area contributed by atoms with Crippen LogP contribution in [0.15, 0.2) is 108 Å². The van der Waals surface area contributed by atoms with Crippen LogP contribution in [0, 0.1) is 5.92 Å². The average molecular weight is 585 g/mol. The molecule has 1 saturated heterocycles. The van der Waals surface area contributed by atoms with Gasteiger partial charge in [0.25, 0.3) is 0 Å². The van der Waals surface area contributed by atoms with Crippen molar-refractivity contribution in [2.45, 2.75) is 43.5 Å². The molecule has 0 unspecified atom stereocenters. The Morgan fingerprint density at radius 2 is 1.55 bits per heavy atom. The highest BCUT2D eigenvalue weighted by atomic mass is 32.2. The summed E-state index contributed by atoms with van der Waals surface area (Å²) in [6, 6.07) is 32.9. The SMILES string of the molecule is COc1ccccc1SC[C@H]1O[C@@H](c2ccc(NC(=O)NCc3ccccc3)cc2)O[C@@H](c2ccc(CO)cc2)[C@H]1C. The maximum atomic E-state index is 12.4. The summed E-state index contributed by atoms with van der Waals surface area (Å²) in [5, 5.41) is 15.3. The van der Waals surface area contributed by atoms with Crippen molar-refractivity contribution in [3.05, 3.63) is 125 Å². The van der Waals surface area contributed by atoms with E-state index >= 15 is 0 Å². The Morgan fingerprint density at radius 1 is 0.857 bits per heavy atom. The summed E-state index contributed by atoms with van der Waals surface area (Å²) in [4.78, 5) is 13.5. The third-order valence-corrected chi connectivity index (χ3v) is 8.48. The average Bonchev–Trinajstić information content (AvgIpc) is 3.04. The number of methoxy groups -OCH3 is 1. The summed E-state index contributed by atoms with van der Waals surface area (Å²) in [6.45, 7) is 2.59. The number of urea groups is 1. The normalized spacial score (nSPS) is 20.1. The number of para-hydroxylation sites is 1. The third-order valence-electron chi connectivity index (χ3n) is 7.33. The number of aliphatic hydroxyl groups is 1. The fourth-order valence-corrected chi connectivity index (χ4v) is 6.09. The van der Waals surface area contributed by atoms with Gasteiger partial charge in [-0.1, -0.05) is 85.8 Å². The zero-order valence-corrected chi connectivity index (χ0v) is 24.6. The topological polar surface area (TPSA) is 89.1 Å². The molecule has 5 rings (SSSR count). The van der Waals surface area contributed by atoms with E-state index < -0.39 is 6.29 Å². The zero-order chi connectivity index (χ0) is 29.3. The summed E-state index contributed by atoms with van der Waals surface area (Å²) >= 11 is 1.70. The van der Waals surface area contributed by atoms with Crippen LogP contribution in [0.1, 0.15) is 41.6 Å². The monoisotopic (exact) mass is 584 g/mol. The number of anilines is 1. The number of hydrogen-bond acceptors (Lipinski definition) is 6. The van der Waals surface area contributed by atoms with Crippen LogP contribution in [0.4, 0.5) is 10.5 Å². The van der Waals surface area contributed by atoms with Gasteiger partial charge < -0.3 is 30.0 Å². The molecule has 4 aromatic carbocycles. The number of carbonyl (C=O) groups excluding carboxylic acids is 1. The number of amides is 2. The molecule has 1 fully saturated rings. The lowest BCUT2D eigenvalue weighted by Crippen LogP contribution is -2.38. The molecule has 7 nitrogen and oxygen atoms in total. The maximum absolute atomic E-state index is 12.4. The first kappa shape index (κ1) is 29.7. The van der Waals surface area contributed by atoms with E-state index in [2.05, 4.69) is 23.6 Å². The lowest BCUT2D eigenvalue weighted by Gasteiger charge is -2.41. The molecule has 8 heteroatoms. The Balaban J connectivity index is 1.29. The smallest absolute Gasteiger partial charge is 0.319 e. The van der Waals surface area contributed by atoms with Crippen LogP contribution < -0.4 is 15.4 Å². The van der Waals surface area contributed by atoms with Gasteiger partial charge in [0.2, 0.25) is 0 Å². The number of hydrogen-bond donors (Lipinski definition) is 3. The minimum Gasteiger partial charge on any atom is -0.496 e. The molecule has 4 aromatic rings. The van der Waals surface area contributed by atoms with Crippen LogP contribution in [0.3, 0.4) is 0 Å². The highest BCUT2D eigenvalue weighted by molar-refractivity contribution is 7.99. The molecule has 1 aliphatic rings.